The molecule has 3 amide bonds. The number of hydrogen-bond donors (Lipinski definition) is 3. The van der Waals surface area contributed by atoms with E-state index < -0.39 is 0 Å². The van der Waals surface area contributed by atoms with Crippen molar-refractivity contribution in [1.82, 2.24) is 0 Å². The Kier molecular flexibility index (Phi) is 5.57. The van der Waals surface area contributed by atoms with E-state index in [1.54, 1.807) is 48.5 Å². The number of hydrogen-bond acceptors (Lipinski definition) is 3. The summed E-state index contributed by atoms with van der Waals surface area (Å²) in [6.07, 6.45) is 0. The van der Waals surface area contributed by atoms with E-state index in [-0.39, 0.29) is 11.9 Å². The number of benzene rings is 2. The molecule has 0 radical (unpaired) electrons. The number of ether oxygens (including phenoxy) is 1. The predicted molar refractivity (Wildman–Crippen MR) is 91.0 cm³/mol. The van der Waals surface area contributed by atoms with E-state index in [0.29, 0.717) is 23.7 Å². The van der Waals surface area contributed by atoms with Gasteiger partial charge in [-0.25, -0.2) is 4.79 Å². The first kappa shape index (κ1) is 16.4. The van der Waals surface area contributed by atoms with Crippen LogP contribution in [0.3, 0.4) is 0 Å². The van der Waals surface area contributed by atoms with Crippen molar-refractivity contribution in [2.24, 2.45) is 0 Å². The summed E-state index contributed by atoms with van der Waals surface area (Å²) in [5.41, 5.74) is 1.86. The maximum absolute atomic E-state index is 12.0. The van der Waals surface area contributed by atoms with Crippen LogP contribution < -0.4 is 20.7 Å². The molecule has 6 heteroatoms. The Morgan fingerprint density at radius 1 is 0.913 bits per heavy atom. The van der Waals surface area contributed by atoms with E-state index >= 15 is 0 Å². The van der Waals surface area contributed by atoms with Crippen LogP contribution in [0.2, 0.25) is 0 Å². The van der Waals surface area contributed by atoms with E-state index in [1.165, 1.54) is 6.92 Å². The first-order chi connectivity index (χ1) is 11.1. The molecule has 0 heterocycles. The van der Waals surface area contributed by atoms with Gasteiger partial charge in [-0.1, -0.05) is 6.07 Å². The van der Waals surface area contributed by atoms with Crippen LogP contribution in [0.4, 0.5) is 21.9 Å². The largest absolute Gasteiger partial charge is 0.494 e. The molecule has 2 aromatic carbocycles. The quantitative estimate of drug-likeness (QED) is 0.787. The number of carbonyl (C=O) groups is 2. The summed E-state index contributed by atoms with van der Waals surface area (Å²) in [7, 11) is 0. The average Bonchev–Trinajstić information content (AvgIpc) is 2.49. The topological polar surface area (TPSA) is 79.5 Å². The molecular weight excluding hydrogens is 294 g/mol. The molecule has 0 fully saturated rings. The van der Waals surface area contributed by atoms with Crippen molar-refractivity contribution in [2.45, 2.75) is 13.8 Å². The number of carbonyl (C=O) groups excluding carboxylic acids is 2. The number of rotatable bonds is 5. The second-order valence-corrected chi connectivity index (χ2v) is 4.80. The number of nitrogens with one attached hydrogen (secondary N) is 3. The van der Waals surface area contributed by atoms with Crippen molar-refractivity contribution in [3.63, 3.8) is 0 Å². The molecule has 0 unspecified atom stereocenters. The molecule has 0 aliphatic carbocycles. The van der Waals surface area contributed by atoms with Crippen molar-refractivity contribution in [2.75, 3.05) is 22.6 Å². The Morgan fingerprint density at radius 2 is 1.52 bits per heavy atom. The van der Waals surface area contributed by atoms with Crippen LogP contribution in [0.15, 0.2) is 48.5 Å². The molecule has 120 valence electrons. The monoisotopic (exact) mass is 313 g/mol. The lowest BCUT2D eigenvalue weighted by molar-refractivity contribution is -0.114. The smallest absolute Gasteiger partial charge is 0.323 e. The van der Waals surface area contributed by atoms with E-state index in [2.05, 4.69) is 16.0 Å². The summed E-state index contributed by atoms with van der Waals surface area (Å²) in [6, 6.07) is 13.6. The standard InChI is InChI=1S/C17H19N3O3/c1-3-23-16-9-7-13(8-10-16)19-17(22)20-15-6-4-5-14(11-15)18-12(2)21/h4-11H,3H2,1-2H3,(H,18,21)(H2,19,20,22). The van der Waals surface area contributed by atoms with Crippen molar-refractivity contribution < 1.29 is 14.3 Å². The number of anilines is 3. The fourth-order valence-corrected chi connectivity index (χ4v) is 1.97. The molecule has 0 atom stereocenters. The normalized spacial score (nSPS) is 9.83. The Balaban J connectivity index is 1.95. The fourth-order valence-electron chi connectivity index (χ4n) is 1.97. The van der Waals surface area contributed by atoms with Gasteiger partial charge in [0.1, 0.15) is 5.75 Å². The van der Waals surface area contributed by atoms with Crippen LogP contribution in [0.5, 0.6) is 5.75 Å². The zero-order valence-electron chi connectivity index (χ0n) is 13.1. The van der Waals surface area contributed by atoms with Gasteiger partial charge < -0.3 is 20.7 Å². The maximum Gasteiger partial charge on any atom is 0.323 e. The van der Waals surface area contributed by atoms with E-state index in [4.69, 9.17) is 4.74 Å². The molecule has 0 bridgehead atoms. The zero-order chi connectivity index (χ0) is 16.7. The van der Waals surface area contributed by atoms with E-state index in [1.807, 2.05) is 6.92 Å². The molecular formula is C17H19N3O3. The van der Waals surface area contributed by atoms with Crippen LogP contribution in [0, 0.1) is 0 Å². The molecule has 0 aliphatic heterocycles. The summed E-state index contributed by atoms with van der Waals surface area (Å²) >= 11 is 0. The van der Waals surface area contributed by atoms with E-state index in [9.17, 15) is 9.59 Å². The second-order valence-electron chi connectivity index (χ2n) is 4.80. The zero-order valence-corrected chi connectivity index (χ0v) is 13.1. The summed E-state index contributed by atoms with van der Waals surface area (Å²) in [5, 5.41) is 8.10. The minimum absolute atomic E-state index is 0.166. The Labute approximate surface area is 134 Å². The van der Waals surface area contributed by atoms with Crippen LogP contribution in [-0.4, -0.2) is 18.5 Å². The van der Waals surface area contributed by atoms with Gasteiger partial charge in [0.25, 0.3) is 0 Å². The average molecular weight is 313 g/mol. The van der Waals surface area contributed by atoms with Gasteiger partial charge in [0, 0.05) is 24.0 Å². The van der Waals surface area contributed by atoms with Gasteiger partial charge in [-0.3, -0.25) is 4.79 Å². The predicted octanol–water partition coefficient (Wildman–Crippen LogP) is 3.69. The highest BCUT2D eigenvalue weighted by Crippen LogP contribution is 2.17. The molecule has 0 saturated carbocycles. The molecule has 0 spiro atoms. The highest BCUT2D eigenvalue weighted by molar-refractivity contribution is 6.00. The van der Waals surface area contributed by atoms with Crippen molar-refractivity contribution in [1.29, 1.82) is 0 Å². The molecule has 2 aromatic rings. The third kappa shape index (κ3) is 5.35. The van der Waals surface area contributed by atoms with Gasteiger partial charge in [-0.05, 0) is 49.4 Å². The maximum atomic E-state index is 12.0. The van der Waals surface area contributed by atoms with Gasteiger partial charge in [0.15, 0.2) is 0 Å². The number of urea groups is 1. The van der Waals surface area contributed by atoms with Crippen LogP contribution in [0.1, 0.15) is 13.8 Å². The molecule has 3 N–H and O–H groups in total. The third-order valence-corrected chi connectivity index (χ3v) is 2.86. The fraction of sp³-hybridized carbons (Fsp3) is 0.176. The summed E-state index contributed by atoms with van der Waals surface area (Å²) < 4.78 is 5.34. The minimum Gasteiger partial charge on any atom is -0.494 e. The van der Waals surface area contributed by atoms with Gasteiger partial charge >= 0.3 is 6.03 Å². The lowest BCUT2D eigenvalue weighted by Crippen LogP contribution is -2.19. The van der Waals surface area contributed by atoms with Gasteiger partial charge in [0.05, 0.1) is 6.61 Å². The molecule has 0 saturated heterocycles. The molecule has 6 nitrogen and oxygen atoms in total. The summed E-state index contributed by atoms with van der Waals surface area (Å²) in [5.74, 6) is 0.586. The van der Waals surface area contributed by atoms with Crippen molar-refractivity contribution >= 4 is 29.0 Å². The summed E-state index contributed by atoms with van der Waals surface area (Å²) in [4.78, 5) is 23.0. The van der Waals surface area contributed by atoms with Crippen molar-refractivity contribution in [3.05, 3.63) is 48.5 Å². The first-order valence-electron chi connectivity index (χ1n) is 7.25. The molecule has 0 aliphatic rings. The second kappa shape index (κ2) is 7.84. The van der Waals surface area contributed by atoms with Gasteiger partial charge in [0.2, 0.25) is 5.91 Å². The minimum atomic E-state index is -0.367. The molecule has 2 rings (SSSR count). The lowest BCUT2D eigenvalue weighted by Gasteiger charge is -2.10. The summed E-state index contributed by atoms with van der Waals surface area (Å²) in [6.45, 7) is 3.94. The highest BCUT2D eigenvalue weighted by Gasteiger charge is 2.04. The SMILES string of the molecule is CCOc1ccc(NC(=O)Nc2cccc(NC(C)=O)c2)cc1. The Morgan fingerprint density at radius 3 is 2.13 bits per heavy atom. The van der Waals surface area contributed by atoms with Crippen LogP contribution >= 0.6 is 0 Å². The molecule has 0 aromatic heterocycles. The Hall–Kier alpha value is -3.02. The lowest BCUT2D eigenvalue weighted by atomic mass is 10.2. The van der Waals surface area contributed by atoms with Crippen LogP contribution in [-0.2, 0) is 4.79 Å². The first-order valence-corrected chi connectivity index (χ1v) is 7.25. The Bertz CT molecular complexity index is 684. The third-order valence-electron chi connectivity index (χ3n) is 2.86. The van der Waals surface area contributed by atoms with Gasteiger partial charge in [-0.2, -0.15) is 0 Å². The van der Waals surface area contributed by atoms with Gasteiger partial charge in [-0.15, -0.1) is 0 Å². The van der Waals surface area contributed by atoms with Crippen molar-refractivity contribution in [3.8, 4) is 5.75 Å². The molecule has 23 heavy (non-hydrogen) atoms. The van der Waals surface area contributed by atoms with Crippen LogP contribution in [0.25, 0.3) is 0 Å². The number of amides is 3. The highest BCUT2D eigenvalue weighted by atomic mass is 16.5. The van der Waals surface area contributed by atoms with E-state index in [0.717, 1.165) is 5.75 Å².